The van der Waals surface area contributed by atoms with Crippen molar-refractivity contribution in [2.75, 3.05) is 11.5 Å². The van der Waals surface area contributed by atoms with Gasteiger partial charge in [-0.25, -0.2) is 0 Å². The Hall–Kier alpha value is -1.27. The molecule has 0 aliphatic rings. The molecule has 0 spiro atoms. The van der Waals surface area contributed by atoms with Crippen LogP contribution < -0.4 is 11.5 Å². The average Bonchev–Trinajstić information content (AvgIpc) is 1.95. The Labute approximate surface area is 76.1 Å². The van der Waals surface area contributed by atoms with Crippen molar-refractivity contribution in [3.05, 3.63) is 17.7 Å². The Morgan fingerprint density at radius 2 is 1.85 bits per heavy atom. The number of nitrogens with two attached hydrogens (primary N) is 2. The van der Waals surface area contributed by atoms with E-state index in [4.69, 9.17) is 16.0 Å². The van der Waals surface area contributed by atoms with Crippen LogP contribution in [0.15, 0.2) is 17.0 Å². The van der Waals surface area contributed by atoms with Crippen LogP contribution in [-0.4, -0.2) is 13.0 Å². The second kappa shape index (κ2) is 2.90. The summed E-state index contributed by atoms with van der Waals surface area (Å²) in [5, 5.41) is 0. The topological polar surface area (TPSA) is 106 Å². The van der Waals surface area contributed by atoms with Gasteiger partial charge in [-0.05, 0) is 18.6 Å². The van der Waals surface area contributed by atoms with E-state index in [9.17, 15) is 8.42 Å². The number of rotatable bonds is 1. The molecule has 0 aliphatic heterocycles. The maximum absolute atomic E-state index is 10.8. The summed E-state index contributed by atoms with van der Waals surface area (Å²) in [4.78, 5) is -0.410. The summed E-state index contributed by atoms with van der Waals surface area (Å²) in [5.41, 5.74) is 11.3. The van der Waals surface area contributed by atoms with Crippen LogP contribution in [0, 0.1) is 6.92 Å². The third-order valence-electron chi connectivity index (χ3n) is 1.70. The molecule has 0 radical (unpaired) electrons. The molecule has 5 N–H and O–H groups in total. The van der Waals surface area contributed by atoms with Gasteiger partial charge >= 0.3 is 0 Å². The smallest absolute Gasteiger partial charge is 0.298 e. The Balaban J connectivity index is 3.62. The maximum atomic E-state index is 10.8. The zero-order valence-electron chi connectivity index (χ0n) is 6.98. The molecule has 0 saturated heterocycles. The minimum absolute atomic E-state index is 0.0116. The van der Waals surface area contributed by atoms with Crippen molar-refractivity contribution in [3.63, 3.8) is 0 Å². The van der Waals surface area contributed by atoms with Crippen molar-refractivity contribution in [3.8, 4) is 0 Å². The monoisotopic (exact) mass is 202 g/mol. The van der Waals surface area contributed by atoms with Gasteiger partial charge in [0, 0.05) is 0 Å². The molecular weight excluding hydrogens is 192 g/mol. The molecule has 1 aromatic rings. The summed E-state index contributed by atoms with van der Waals surface area (Å²) in [6, 6.07) is 2.97. The summed E-state index contributed by atoms with van der Waals surface area (Å²) in [6.07, 6.45) is 0. The lowest BCUT2D eigenvalue weighted by atomic mass is 10.2. The van der Waals surface area contributed by atoms with E-state index in [1.54, 1.807) is 13.0 Å². The fourth-order valence-electron chi connectivity index (χ4n) is 1.00. The van der Waals surface area contributed by atoms with Crippen LogP contribution in [0.25, 0.3) is 0 Å². The molecule has 0 unspecified atom stereocenters. The highest BCUT2D eigenvalue weighted by Crippen LogP contribution is 2.27. The van der Waals surface area contributed by atoms with Crippen molar-refractivity contribution in [2.24, 2.45) is 0 Å². The van der Waals surface area contributed by atoms with Gasteiger partial charge in [0.05, 0.1) is 11.4 Å². The van der Waals surface area contributed by atoms with Crippen molar-refractivity contribution < 1.29 is 13.0 Å². The fraction of sp³-hybridized carbons (Fsp3) is 0.143. The number of anilines is 2. The zero-order valence-corrected chi connectivity index (χ0v) is 7.80. The van der Waals surface area contributed by atoms with E-state index in [0.717, 1.165) is 0 Å². The quantitative estimate of drug-likeness (QED) is 0.451. The Morgan fingerprint density at radius 3 is 2.23 bits per heavy atom. The van der Waals surface area contributed by atoms with Gasteiger partial charge in [0.2, 0.25) is 0 Å². The molecule has 5 nitrogen and oxygen atoms in total. The van der Waals surface area contributed by atoms with E-state index >= 15 is 0 Å². The first-order valence-corrected chi connectivity index (χ1v) is 4.90. The third kappa shape index (κ3) is 1.73. The number of aryl methyl sites for hydroxylation is 1. The van der Waals surface area contributed by atoms with Gasteiger partial charge in [-0.3, -0.25) is 4.55 Å². The van der Waals surface area contributed by atoms with E-state index in [2.05, 4.69) is 0 Å². The molecule has 0 heterocycles. The summed E-state index contributed by atoms with van der Waals surface area (Å²) in [6.45, 7) is 1.63. The van der Waals surface area contributed by atoms with Crippen LogP contribution in [0.5, 0.6) is 0 Å². The van der Waals surface area contributed by atoms with E-state index in [0.29, 0.717) is 5.56 Å². The lowest BCUT2D eigenvalue weighted by Gasteiger charge is -2.07. The molecule has 0 amide bonds. The normalized spacial score (nSPS) is 11.5. The largest absolute Gasteiger partial charge is 0.398 e. The standard InChI is InChI=1S/C7H10N2O3S/c1-4-2-3-5(8)7(6(4)9)13(10,11)12/h2-3H,8-9H2,1H3,(H,10,11,12). The molecule has 0 aromatic heterocycles. The predicted molar refractivity (Wildman–Crippen MR) is 49.8 cm³/mol. The summed E-state index contributed by atoms with van der Waals surface area (Å²) >= 11 is 0. The van der Waals surface area contributed by atoms with Gasteiger partial charge in [0.1, 0.15) is 4.90 Å². The van der Waals surface area contributed by atoms with Crippen molar-refractivity contribution >= 4 is 21.5 Å². The minimum atomic E-state index is -4.34. The summed E-state index contributed by atoms with van der Waals surface area (Å²) in [7, 11) is -4.34. The molecule has 6 heteroatoms. The number of benzene rings is 1. The lowest BCUT2D eigenvalue weighted by Crippen LogP contribution is -2.08. The second-order valence-corrected chi connectivity index (χ2v) is 4.05. The number of hydrogen-bond acceptors (Lipinski definition) is 4. The lowest BCUT2D eigenvalue weighted by molar-refractivity contribution is 0.484. The first kappa shape index (κ1) is 9.82. The highest BCUT2D eigenvalue weighted by Gasteiger charge is 2.18. The van der Waals surface area contributed by atoms with Crippen LogP contribution in [0.4, 0.5) is 11.4 Å². The Bertz CT molecular complexity index is 439. The second-order valence-electron chi connectivity index (χ2n) is 2.69. The molecule has 0 saturated carbocycles. The average molecular weight is 202 g/mol. The SMILES string of the molecule is Cc1ccc(N)c(S(=O)(=O)O)c1N. The van der Waals surface area contributed by atoms with E-state index in [1.807, 2.05) is 0 Å². The third-order valence-corrected chi connectivity index (χ3v) is 2.67. The molecule has 1 rings (SSSR count). The molecule has 0 bridgehead atoms. The molecule has 72 valence electrons. The maximum Gasteiger partial charge on any atom is 0.298 e. The first-order valence-electron chi connectivity index (χ1n) is 3.46. The highest BCUT2D eigenvalue weighted by molar-refractivity contribution is 7.86. The van der Waals surface area contributed by atoms with Crippen molar-refractivity contribution in [1.82, 2.24) is 0 Å². The van der Waals surface area contributed by atoms with E-state index in [1.165, 1.54) is 6.07 Å². The molecule has 1 aromatic carbocycles. The van der Waals surface area contributed by atoms with Gasteiger partial charge in [-0.15, -0.1) is 0 Å². The van der Waals surface area contributed by atoms with Crippen molar-refractivity contribution in [2.45, 2.75) is 11.8 Å². The summed E-state index contributed by atoms with van der Waals surface area (Å²) < 4.78 is 30.4. The van der Waals surface area contributed by atoms with Crippen LogP contribution in [0.1, 0.15) is 5.56 Å². The zero-order chi connectivity index (χ0) is 10.2. The molecule has 0 atom stereocenters. The molecule has 0 aliphatic carbocycles. The van der Waals surface area contributed by atoms with E-state index < -0.39 is 15.0 Å². The Morgan fingerprint density at radius 1 is 1.31 bits per heavy atom. The fourth-order valence-corrected chi connectivity index (χ4v) is 1.81. The molecular formula is C7H10N2O3S. The number of nitrogen functional groups attached to an aromatic ring is 2. The van der Waals surface area contributed by atoms with Crippen LogP contribution in [0.2, 0.25) is 0 Å². The Kier molecular flexibility index (Phi) is 2.19. The summed E-state index contributed by atoms with van der Waals surface area (Å²) in [5.74, 6) is 0. The van der Waals surface area contributed by atoms with E-state index in [-0.39, 0.29) is 11.4 Å². The molecule has 13 heavy (non-hydrogen) atoms. The van der Waals surface area contributed by atoms with Crippen molar-refractivity contribution in [1.29, 1.82) is 0 Å². The number of hydrogen-bond donors (Lipinski definition) is 3. The molecule has 0 fully saturated rings. The van der Waals surface area contributed by atoms with Gasteiger partial charge in [0.15, 0.2) is 0 Å². The minimum Gasteiger partial charge on any atom is -0.398 e. The van der Waals surface area contributed by atoms with Crippen LogP contribution in [0.3, 0.4) is 0 Å². The van der Waals surface area contributed by atoms with Gasteiger partial charge in [-0.1, -0.05) is 6.07 Å². The van der Waals surface area contributed by atoms with Gasteiger partial charge in [-0.2, -0.15) is 8.42 Å². The predicted octanol–water partition coefficient (Wildman–Crippen LogP) is 0.406. The van der Waals surface area contributed by atoms with Crippen LogP contribution >= 0.6 is 0 Å². The van der Waals surface area contributed by atoms with Gasteiger partial charge in [0.25, 0.3) is 10.1 Å². The highest BCUT2D eigenvalue weighted by atomic mass is 32.2. The van der Waals surface area contributed by atoms with Crippen LogP contribution in [-0.2, 0) is 10.1 Å². The first-order chi connectivity index (χ1) is 5.84. The van der Waals surface area contributed by atoms with Gasteiger partial charge < -0.3 is 11.5 Å².